The van der Waals surface area contributed by atoms with Crippen molar-refractivity contribution in [1.82, 2.24) is 4.90 Å². The fourth-order valence-electron chi connectivity index (χ4n) is 2.23. The van der Waals surface area contributed by atoms with E-state index >= 15 is 0 Å². The van der Waals surface area contributed by atoms with Crippen LogP contribution in [0.15, 0.2) is 23.3 Å². The first-order valence-corrected chi connectivity index (χ1v) is 6.56. The molecule has 0 N–H and O–H groups in total. The van der Waals surface area contributed by atoms with Crippen LogP contribution in [0.4, 0.5) is 0 Å². The highest BCUT2D eigenvalue weighted by atomic mass is 16.2. The summed E-state index contributed by atoms with van der Waals surface area (Å²) in [5, 5.41) is 0. The topological polar surface area (TPSA) is 20.3 Å². The van der Waals surface area contributed by atoms with Crippen molar-refractivity contribution in [3.8, 4) is 0 Å². The zero-order valence-corrected chi connectivity index (χ0v) is 11.9. The fourth-order valence-corrected chi connectivity index (χ4v) is 2.23. The first-order valence-electron chi connectivity index (χ1n) is 6.56. The van der Waals surface area contributed by atoms with Crippen molar-refractivity contribution in [2.24, 2.45) is 11.8 Å². The van der Waals surface area contributed by atoms with E-state index in [0.29, 0.717) is 11.8 Å². The smallest absolute Gasteiger partial charge is 0.247 e. The molecule has 0 aromatic rings. The van der Waals surface area contributed by atoms with E-state index in [9.17, 15) is 4.79 Å². The highest BCUT2D eigenvalue weighted by Crippen LogP contribution is 2.26. The van der Waals surface area contributed by atoms with Gasteiger partial charge in [-0.25, -0.2) is 0 Å². The molecule has 0 spiro atoms. The lowest BCUT2D eigenvalue weighted by Crippen LogP contribution is -2.37. The standard InChI is InChI=1S/C15H25NO/c1-10(2)13-7-8-15(17)16(12(5)6)9-14(13)11(3)4/h7-8,10-12H,9H2,1-6H3. The van der Waals surface area contributed by atoms with Gasteiger partial charge in [0, 0.05) is 18.7 Å². The summed E-state index contributed by atoms with van der Waals surface area (Å²) in [6, 6.07) is 0.257. The monoisotopic (exact) mass is 235 g/mol. The van der Waals surface area contributed by atoms with Crippen molar-refractivity contribution < 1.29 is 4.79 Å². The summed E-state index contributed by atoms with van der Waals surface area (Å²) in [6.07, 6.45) is 3.75. The van der Waals surface area contributed by atoms with E-state index in [2.05, 4.69) is 41.5 Å². The summed E-state index contributed by atoms with van der Waals surface area (Å²) in [5.41, 5.74) is 2.73. The van der Waals surface area contributed by atoms with Gasteiger partial charge in [0.2, 0.25) is 5.91 Å². The SMILES string of the molecule is CC(C)C1=C(C(C)C)CN(C(C)C)C(=O)C=C1. The van der Waals surface area contributed by atoms with E-state index in [4.69, 9.17) is 0 Å². The van der Waals surface area contributed by atoms with Gasteiger partial charge in [0.05, 0.1) is 0 Å². The number of hydrogen-bond donors (Lipinski definition) is 0. The minimum absolute atomic E-state index is 0.133. The molecule has 0 bridgehead atoms. The lowest BCUT2D eigenvalue weighted by Gasteiger charge is -2.28. The third-order valence-corrected chi connectivity index (χ3v) is 3.34. The molecule has 0 aliphatic carbocycles. The Kier molecular flexibility index (Phi) is 4.55. The summed E-state index contributed by atoms with van der Waals surface area (Å²) < 4.78 is 0. The van der Waals surface area contributed by atoms with Crippen LogP contribution in [0, 0.1) is 11.8 Å². The highest BCUT2D eigenvalue weighted by molar-refractivity contribution is 5.89. The van der Waals surface area contributed by atoms with Crippen molar-refractivity contribution in [3.05, 3.63) is 23.3 Å². The second kappa shape index (κ2) is 5.52. The van der Waals surface area contributed by atoms with Gasteiger partial charge >= 0.3 is 0 Å². The average molecular weight is 235 g/mol. The number of carbonyl (C=O) groups excluding carboxylic acids is 1. The first kappa shape index (κ1) is 14.0. The Morgan fingerprint density at radius 3 is 2.00 bits per heavy atom. The third kappa shape index (κ3) is 3.21. The summed E-state index contributed by atoms with van der Waals surface area (Å²) in [7, 11) is 0. The van der Waals surface area contributed by atoms with E-state index in [1.807, 2.05) is 11.0 Å². The summed E-state index contributed by atoms with van der Waals surface area (Å²) in [6.45, 7) is 13.7. The molecule has 2 nitrogen and oxygen atoms in total. The zero-order chi connectivity index (χ0) is 13.2. The molecule has 0 aromatic carbocycles. The van der Waals surface area contributed by atoms with Crippen molar-refractivity contribution in [2.45, 2.75) is 47.6 Å². The molecule has 17 heavy (non-hydrogen) atoms. The zero-order valence-electron chi connectivity index (χ0n) is 11.9. The van der Waals surface area contributed by atoms with Gasteiger partial charge in [-0.3, -0.25) is 4.79 Å². The Labute approximate surface area is 105 Å². The van der Waals surface area contributed by atoms with Crippen LogP contribution >= 0.6 is 0 Å². The van der Waals surface area contributed by atoms with Crippen LogP contribution in [0.25, 0.3) is 0 Å². The Morgan fingerprint density at radius 2 is 1.59 bits per heavy atom. The number of rotatable bonds is 3. The molecule has 1 aliphatic heterocycles. The normalized spacial score (nSPS) is 17.7. The number of hydrogen-bond acceptors (Lipinski definition) is 1. The van der Waals surface area contributed by atoms with Gasteiger partial charge in [0.15, 0.2) is 0 Å². The minimum Gasteiger partial charge on any atom is -0.333 e. The molecule has 1 amide bonds. The van der Waals surface area contributed by atoms with Crippen molar-refractivity contribution in [2.75, 3.05) is 6.54 Å². The maximum absolute atomic E-state index is 12.0. The molecule has 0 aromatic heterocycles. The second-order valence-corrected chi connectivity index (χ2v) is 5.68. The van der Waals surface area contributed by atoms with Gasteiger partial charge in [0.25, 0.3) is 0 Å². The molecular formula is C15H25NO. The molecule has 1 heterocycles. The molecule has 0 fully saturated rings. The van der Waals surface area contributed by atoms with Crippen LogP contribution in [0.2, 0.25) is 0 Å². The molecule has 96 valence electrons. The number of amides is 1. The highest BCUT2D eigenvalue weighted by Gasteiger charge is 2.23. The van der Waals surface area contributed by atoms with Gasteiger partial charge < -0.3 is 4.90 Å². The van der Waals surface area contributed by atoms with Crippen LogP contribution in [0.1, 0.15) is 41.5 Å². The molecule has 0 radical (unpaired) electrons. The quantitative estimate of drug-likeness (QED) is 0.734. The Bertz CT molecular complexity index is 348. The van der Waals surface area contributed by atoms with Gasteiger partial charge in [-0.05, 0) is 36.8 Å². The van der Waals surface area contributed by atoms with Gasteiger partial charge in [0.1, 0.15) is 0 Å². The maximum atomic E-state index is 12.0. The molecule has 0 unspecified atom stereocenters. The van der Waals surface area contributed by atoms with Crippen LogP contribution < -0.4 is 0 Å². The van der Waals surface area contributed by atoms with Crippen molar-refractivity contribution in [1.29, 1.82) is 0 Å². The van der Waals surface area contributed by atoms with Gasteiger partial charge in [-0.1, -0.05) is 33.8 Å². The van der Waals surface area contributed by atoms with E-state index in [1.165, 1.54) is 11.1 Å². The number of nitrogens with zero attached hydrogens (tertiary/aromatic N) is 1. The molecular weight excluding hydrogens is 210 g/mol. The van der Waals surface area contributed by atoms with E-state index in [0.717, 1.165) is 6.54 Å². The summed E-state index contributed by atoms with van der Waals surface area (Å²) in [5.74, 6) is 1.10. The fraction of sp³-hybridized carbons (Fsp3) is 0.667. The Hall–Kier alpha value is -1.05. The van der Waals surface area contributed by atoms with E-state index in [-0.39, 0.29) is 11.9 Å². The molecule has 0 saturated carbocycles. The molecule has 1 rings (SSSR count). The van der Waals surface area contributed by atoms with Crippen LogP contribution in [-0.2, 0) is 4.79 Å². The number of allylic oxidation sites excluding steroid dienone is 2. The van der Waals surface area contributed by atoms with Gasteiger partial charge in [-0.2, -0.15) is 0 Å². The molecule has 0 saturated heterocycles. The molecule has 2 heteroatoms. The maximum Gasteiger partial charge on any atom is 0.247 e. The van der Waals surface area contributed by atoms with E-state index in [1.54, 1.807) is 6.08 Å². The number of carbonyl (C=O) groups is 1. The molecule has 1 aliphatic rings. The Balaban J connectivity index is 3.16. The largest absolute Gasteiger partial charge is 0.333 e. The van der Waals surface area contributed by atoms with Crippen LogP contribution in [0.5, 0.6) is 0 Å². The minimum atomic E-state index is 0.133. The summed E-state index contributed by atoms with van der Waals surface area (Å²) in [4.78, 5) is 14.0. The Morgan fingerprint density at radius 1 is 1.00 bits per heavy atom. The predicted octanol–water partition coefficient (Wildman–Crippen LogP) is 3.40. The first-order chi connectivity index (χ1) is 7.84. The lowest BCUT2D eigenvalue weighted by molar-refractivity contribution is -0.127. The summed E-state index contributed by atoms with van der Waals surface area (Å²) >= 11 is 0. The van der Waals surface area contributed by atoms with Crippen LogP contribution in [-0.4, -0.2) is 23.4 Å². The second-order valence-electron chi connectivity index (χ2n) is 5.68. The van der Waals surface area contributed by atoms with Crippen molar-refractivity contribution in [3.63, 3.8) is 0 Å². The average Bonchev–Trinajstić information content (AvgIpc) is 2.37. The van der Waals surface area contributed by atoms with Crippen LogP contribution in [0.3, 0.4) is 0 Å². The molecule has 0 atom stereocenters. The van der Waals surface area contributed by atoms with Crippen molar-refractivity contribution >= 4 is 5.91 Å². The third-order valence-electron chi connectivity index (χ3n) is 3.34. The van der Waals surface area contributed by atoms with Gasteiger partial charge in [-0.15, -0.1) is 0 Å². The van der Waals surface area contributed by atoms with E-state index < -0.39 is 0 Å². The lowest BCUT2D eigenvalue weighted by atomic mass is 9.90. The predicted molar refractivity (Wildman–Crippen MR) is 72.7 cm³/mol.